The van der Waals surface area contributed by atoms with Crippen molar-refractivity contribution in [2.45, 2.75) is 158 Å². The molecule has 0 radical (unpaired) electrons. The number of hydrogen-bond acceptors (Lipinski definition) is 18. The van der Waals surface area contributed by atoms with E-state index in [0.717, 1.165) is 128 Å². The number of hydrogen-bond donors (Lipinski definition) is 6. The average molecular weight is 1470 g/mol. The molecule has 0 fully saturated rings. The third-order valence-corrected chi connectivity index (χ3v) is 15.0. The molecule has 0 saturated carbocycles. The Bertz CT molecular complexity index is 4060. The van der Waals surface area contributed by atoms with Crippen molar-refractivity contribution >= 4 is 107 Å². The maximum absolute atomic E-state index is 12.5. The molecule has 9 aromatic heterocycles. The van der Waals surface area contributed by atoms with Crippen molar-refractivity contribution in [2.75, 3.05) is 23.0 Å². The lowest BCUT2D eigenvalue weighted by Crippen LogP contribution is -2.39. The number of H-pyrrole nitrogens is 4. The number of rotatable bonds is 24. The average Bonchev–Trinajstić information content (AvgIpc) is 1.54. The molecule has 9 rings (SSSR count). The third-order valence-electron chi connectivity index (χ3n) is 13.7. The lowest BCUT2D eigenvalue weighted by Gasteiger charge is -2.08. The Morgan fingerprint density at radius 2 is 0.833 bits per heavy atom. The van der Waals surface area contributed by atoms with Crippen LogP contribution in [0.25, 0.3) is 33.5 Å². The van der Waals surface area contributed by atoms with E-state index in [0.29, 0.717) is 58.9 Å². The summed E-state index contributed by atoms with van der Waals surface area (Å²) in [5.41, 5.74) is 6.85. The molecule has 0 aliphatic heterocycles. The zero-order valence-electron chi connectivity index (χ0n) is 56.3. The van der Waals surface area contributed by atoms with Gasteiger partial charge in [-0.25, -0.2) is 29.3 Å². The lowest BCUT2D eigenvalue weighted by atomic mass is 10.1. The van der Waals surface area contributed by atoms with Gasteiger partial charge in [0, 0.05) is 102 Å². The first-order chi connectivity index (χ1) is 45.1. The van der Waals surface area contributed by atoms with E-state index in [2.05, 4.69) is 84.2 Å². The third kappa shape index (κ3) is 28.4. The number of unbranched alkanes of at least 4 members (excludes halogenated alkanes) is 4. The molecule has 0 saturated heterocycles. The second kappa shape index (κ2) is 45.5. The summed E-state index contributed by atoms with van der Waals surface area (Å²) in [4.78, 5) is 128. The summed E-state index contributed by atoms with van der Waals surface area (Å²) in [5.74, 6) is 9.96. The van der Waals surface area contributed by atoms with E-state index in [9.17, 15) is 47.9 Å². The largest absolute Gasteiger partial charge is 0.332 e. The maximum atomic E-state index is 12.5. The summed E-state index contributed by atoms with van der Waals surface area (Å²) >= 11 is 19.5. The number of aromatic amines is 4. The van der Waals surface area contributed by atoms with Crippen LogP contribution < -0.4 is 45.4 Å². The lowest BCUT2D eigenvalue weighted by molar-refractivity contribution is -0.127. The van der Waals surface area contributed by atoms with Gasteiger partial charge in [-0.3, -0.25) is 88.4 Å². The molecule has 34 heteroatoms. The van der Waals surface area contributed by atoms with Crippen molar-refractivity contribution in [3.05, 3.63) is 134 Å². The number of halogens is 4. The molecule has 0 spiro atoms. The van der Waals surface area contributed by atoms with E-state index < -0.39 is 11.2 Å². The molecule has 9 aromatic rings. The first kappa shape index (κ1) is 86.0. The van der Waals surface area contributed by atoms with Gasteiger partial charge in [0.25, 0.3) is 16.7 Å². The Morgan fingerprint density at radius 1 is 0.490 bits per heavy atom. The molecule has 0 amide bonds. The maximum Gasteiger partial charge on any atom is 0.332 e. The summed E-state index contributed by atoms with van der Waals surface area (Å²) in [6, 6.07) is 6.09. The van der Waals surface area contributed by atoms with E-state index in [-0.39, 0.29) is 65.9 Å². The van der Waals surface area contributed by atoms with Gasteiger partial charge < -0.3 is 13.7 Å². The Balaban J connectivity index is 0.000000587. The number of fused-ring (bicyclic) bond motifs is 3. The van der Waals surface area contributed by atoms with Crippen LogP contribution in [0.15, 0.2) is 65.9 Å². The fourth-order valence-corrected chi connectivity index (χ4v) is 10.1. The smallest absolute Gasteiger partial charge is 0.328 e. The number of alkyl halides is 4. The predicted octanol–water partition coefficient (Wildman–Crippen LogP) is 6.18. The van der Waals surface area contributed by atoms with E-state index in [1.165, 1.54) is 49.9 Å². The highest BCUT2D eigenvalue weighted by atomic mass is 79.9. The Morgan fingerprint density at radius 3 is 1.15 bits per heavy atom. The van der Waals surface area contributed by atoms with Gasteiger partial charge in [0.05, 0.1) is 48.9 Å². The molecule has 96 heavy (non-hydrogen) atoms. The molecule has 0 bridgehead atoms. The number of aryl methyl sites for hydroxylation is 12. The van der Waals surface area contributed by atoms with Gasteiger partial charge in [-0.1, -0.05) is 23.4 Å². The summed E-state index contributed by atoms with van der Waals surface area (Å²) in [7, 11) is 10.1. The number of ketones is 4. The van der Waals surface area contributed by atoms with Crippen LogP contribution in [0.3, 0.4) is 0 Å². The summed E-state index contributed by atoms with van der Waals surface area (Å²) in [5, 5.41) is 22.2. The highest BCUT2D eigenvalue weighted by Crippen LogP contribution is 2.10. The molecule has 0 aliphatic carbocycles. The zero-order valence-corrected chi connectivity index (χ0v) is 60.2. The van der Waals surface area contributed by atoms with Crippen LogP contribution in [0.1, 0.15) is 139 Å². The first-order valence-electron chi connectivity index (χ1n) is 30.5. The summed E-state index contributed by atoms with van der Waals surface area (Å²) in [6.45, 7) is 11.0. The minimum Gasteiger partial charge on any atom is -0.328 e. The van der Waals surface area contributed by atoms with Gasteiger partial charge in [0.15, 0.2) is 33.5 Å². The molecule has 0 unspecified atom stereocenters. The highest BCUT2D eigenvalue weighted by molar-refractivity contribution is 9.09. The molecule has 9 heterocycles. The number of nitrogens with one attached hydrogen (secondary N) is 4. The van der Waals surface area contributed by atoms with Crippen molar-refractivity contribution < 1.29 is 19.2 Å². The number of nitrogens with zero attached hydrogens (tertiary/aromatic N) is 14. The van der Waals surface area contributed by atoms with E-state index in [1.807, 2.05) is 32.9 Å². The molecular weight excluding hydrogens is 1370 g/mol. The highest BCUT2D eigenvalue weighted by Gasteiger charge is 2.17. The van der Waals surface area contributed by atoms with Crippen molar-refractivity contribution in [1.82, 2.24) is 87.1 Å². The van der Waals surface area contributed by atoms with Crippen molar-refractivity contribution in [3.8, 4) is 0 Å². The molecule has 532 valence electrons. The van der Waals surface area contributed by atoms with E-state index in [1.54, 1.807) is 68.6 Å². The zero-order chi connectivity index (χ0) is 71.5. The number of aromatic nitrogens is 18. The number of nitrogens with two attached hydrogens (primary N) is 2. The molecule has 0 aromatic carbocycles. The van der Waals surface area contributed by atoms with Crippen LogP contribution in [0.2, 0.25) is 0 Å². The second-order valence-electron chi connectivity index (χ2n) is 22.1. The SMILES string of the molecule is C.CC(=O)CC(=O)CCCCCl.CC(=O)CC(C)=O.Cc1cc(CCCCCl)n[nH]1.Cc1cc(CCCCn2c(=O)c3c(ncn3C)n(C)c2=O)n[nH]1.Cc1cc(CCCCn2c(=O)c3c(ncn3C)n(C)c2=O)n[nH]1.ClCCCBr.Cn1cnc2c1c(=O)[nH]c(=O)n2C.NN. The number of Topliss-reactive ketones (excluding diaryl/α,β-unsaturated/α-hetero) is 4. The Labute approximate surface area is 579 Å². The fraction of sp³-hybridized carbons (Fsp3) is 0.548. The summed E-state index contributed by atoms with van der Waals surface area (Å²) < 4.78 is 11.6. The molecule has 0 aliphatic rings. The minimum atomic E-state index is -0.448. The normalized spacial score (nSPS) is 10.4. The van der Waals surface area contributed by atoms with E-state index in [4.69, 9.17) is 34.8 Å². The van der Waals surface area contributed by atoms with Gasteiger partial charge >= 0.3 is 17.1 Å². The van der Waals surface area contributed by atoms with Crippen molar-refractivity contribution in [1.29, 1.82) is 0 Å². The van der Waals surface area contributed by atoms with Crippen LogP contribution in [0.4, 0.5) is 0 Å². The molecule has 30 nitrogen and oxygen atoms in total. The first-order valence-corrected chi connectivity index (χ1v) is 33.3. The van der Waals surface area contributed by atoms with Crippen LogP contribution >= 0.6 is 50.7 Å². The van der Waals surface area contributed by atoms with Gasteiger partial charge in [0.2, 0.25) is 0 Å². The van der Waals surface area contributed by atoms with Gasteiger partial charge in [-0.15, -0.1) is 34.8 Å². The van der Waals surface area contributed by atoms with Crippen LogP contribution in [0.5, 0.6) is 0 Å². The monoisotopic (exact) mass is 1460 g/mol. The minimum absolute atomic E-state index is 0. The fourth-order valence-electron chi connectivity index (χ4n) is 8.99. The number of hydrazine groups is 1. The van der Waals surface area contributed by atoms with Gasteiger partial charge in [-0.05, 0) is 137 Å². The second-order valence-corrected chi connectivity index (χ2v) is 24.0. The van der Waals surface area contributed by atoms with Crippen molar-refractivity contribution in [3.63, 3.8) is 0 Å². The molecular formula is C62H96BrCl3N20O10. The van der Waals surface area contributed by atoms with Crippen molar-refractivity contribution in [2.24, 2.45) is 54.0 Å². The van der Waals surface area contributed by atoms with Crippen LogP contribution in [0, 0.1) is 20.8 Å². The standard InChI is InChI=1S/2C15H20N6O2.C8H13ClN2.C8H13ClO2.C7H8N4O2.C5H8O2.C3H6BrCl.CH4.H4N2/c2*1-10-8-11(18-17-10)6-4-5-7-21-14(22)12-13(16-9-19(12)2)20(3)15(21)23;1-7-6-8(11-10-7)4-2-3-5-9;1-7(10)6-8(11)4-2-3-5-9;1-10-3-8-5-4(10)6(12)9-7(13)11(5)2;1-4(6)3-5(2)7;4-2-1-3-5;;1-2/h2*8-9H,4-7H2,1-3H3,(H,17,18);6H,2-5H2,1H3,(H,10,11);2-6H2,1H3;3H,1-2H3,(H,9,12,13);3H2,1-2H3;1-3H2;1H4;1-2H2. The van der Waals surface area contributed by atoms with Gasteiger partial charge in [0.1, 0.15) is 23.1 Å². The number of carbonyl (C=O) groups excluding carboxylic acids is 4. The molecule has 8 N–H and O–H groups in total. The van der Waals surface area contributed by atoms with E-state index >= 15 is 0 Å². The predicted molar refractivity (Wildman–Crippen MR) is 382 cm³/mol. The van der Waals surface area contributed by atoms with Crippen LogP contribution in [-0.4, -0.2) is 133 Å². The molecule has 0 atom stereocenters. The summed E-state index contributed by atoms with van der Waals surface area (Å²) in [6.07, 6.45) is 16.1. The Hall–Kier alpha value is -7.97. The number of carbonyl (C=O) groups is 4. The Kier molecular flexibility index (Phi) is 40.7. The van der Waals surface area contributed by atoms with Crippen LogP contribution in [-0.2, 0) is 93.8 Å². The van der Waals surface area contributed by atoms with Gasteiger partial charge in [-0.2, -0.15) is 15.3 Å². The topological polar surface area (TPSA) is 403 Å². The number of imidazole rings is 3. The quantitative estimate of drug-likeness (QED) is 0.0129.